The quantitative estimate of drug-likeness (QED) is 0.694. The molecule has 2 aromatic rings. The van der Waals surface area contributed by atoms with Crippen molar-refractivity contribution < 1.29 is 31.5 Å². The molecule has 162 valence electrons. The first kappa shape index (κ1) is 21.9. The van der Waals surface area contributed by atoms with E-state index in [1.54, 1.807) is 6.92 Å². The fraction of sp³-hybridized carbons (Fsp3) is 0.368. The van der Waals surface area contributed by atoms with Gasteiger partial charge in [0.15, 0.2) is 0 Å². The predicted octanol–water partition coefficient (Wildman–Crippen LogP) is 2.27. The summed E-state index contributed by atoms with van der Waals surface area (Å²) in [5.74, 6) is -3.14. The number of rotatable bonds is 6. The molecule has 3 rings (SSSR count). The number of nitrogens with zero attached hydrogens (tertiary/aromatic N) is 2. The van der Waals surface area contributed by atoms with Crippen LogP contribution in [0.5, 0.6) is 0 Å². The summed E-state index contributed by atoms with van der Waals surface area (Å²) in [7, 11) is -2.59. The average Bonchev–Trinajstić information content (AvgIpc) is 3.32. The second-order valence-electron chi connectivity index (χ2n) is 6.78. The van der Waals surface area contributed by atoms with Gasteiger partial charge in [0.05, 0.1) is 12.3 Å². The van der Waals surface area contributed by atoms with Crippen molar-refractivity contribution in [1.82, 2.24) is 8.87 Å². The number of hydrogen-bond acceptors (Lipinski definition) is 5. The number of hydrogen-bond donors (Lipinski definition) is 1. The maximum absolute atomic E-state index is 13.8. The number of benzene rings is 1. The third-order valence-corrected chi connectivity index (χ3v) is 6.64. The Balaban J connectivity index is 1.84. The lowest BCUT2D eigenvalue weighted by atomic mass is 10.2. The van der Waals surface area contributed by atoms with Crippen molar-refractivity contribution in [2.45, 2.75) is 30.7 Å². The van der Waals surface area contributed by atoms with Crippen LogP contribution in [0.3, 0.4) is 0 Å². The Hall–Kier alpha value is -2.79. The van der Waals surface area contributed by atoms with Crippen molar-refractivity contribution in [3.63, 3.8) is 0 Å². The first-order valence-electron chi connectivity index (χ1n) is 9.26. The van der Waals surface area contributed by atoms with Gasteiger partial charge in [0, 0.05) is 25.9 Å². The molecule has 11 heteroatoms. The number of aryl methyl sites for hydroxylation is 1. The highest BCUT2D eigenvalue weighted by Crippen LogP contribution is 2.28. The highest BCUT2D eigenvalue weighted by molar-refractivity contribution is 7.89. The van der Waals surface area contributed by atoms with Gasteiger partial charge in [-0.25, -0.2) is 22.0 Å². The Kier molecular flexibility index (Phi) is 6.22. The van der Waals surface area contributed by atoms with Crippen molar-refractivity contribution in [2.75, 3.05) is 18.5 Å². The lowest BCUT2D eigenvalue weighted by Crippen LogP contribution is -2.43. The highest BCUT2D eigenvalue weighted by Gasteiger charge is 2.40. The number of carbonyl (C=O) groups excluding carboxylic acids is 2. The SMILES string of the molecule is CCOC(=O)c1cc(S(=O)(=O)N2CCC[C@H]2C(=O)Nc2ccc(F)cc2F)cn1C. The second kappa shape index (κ2) is 8.52. The summed E-state index contributed by atoms with van der Waals surface area (Å²) in [6.07, 6.45) is 1.95. The minimum atomic E-state index is -4.10. The maximum Gasteiger partial charge on any atom is 0.354 e. The number of sulfonamides is 1. The van der Waals surface area contributed by atoms with Gasteiger partial charge in [-0.2, -0.15) is 4.31 Å². The molecule has 1 N–H and O–H groups in total. The zero-order chi connectivity index (χ0) is 22.1. The van der Waals surface area contributed by atoms with Gasteiger partial charge in [-0.3, -0.25) is 4.79 Å². The number of amides is 1. The molecule has 30 heavy (non-hydrogen) atoms. The Morgan fingerprint density at radius 2 is 2.00 bits per heavy atom. The van der Waals surface area contributed by atoms with E-state index >= 15 is 0 Å². The Bertz CT molecular complexity index is 1080. The summed E-state index contributed by atoms with van der Waals surface area (Å²) in [6, 6.07) is 2.81. The van der Waals surface area contributed by atoms with E-state index in [0.29, 0.717) is 12.5 Å². The van der Waals surface area contributed by atoms with Gasteiger partial charge >= 0.3 is 5.97 Å². The van der Waals surface area contributed by atoms with Crippen LogP contribution in [0.25, 0.3) is 0 Å². The van der Waals surface area contributed by atoms with Crippen LogP contribution in [0.1, 0.15) is 30.3 Å². The summed E-state index contributed by atoms with van der Waals surface area (Å²) in [6.45, 7) is 1.87. The molecule has 0 aliphatic carbocycles. The van der Waals surface area contributed by atoms with E-state index in [-0.39, 0.29) is 35.8 Å². The first-order valence-corrected chi connectivity index (χ1v) is 10.7. The molecule has 2 heterocycles. The van der Waals surface area contributed by atoms with Crippen LogP contribution in [0, 0.1) is 11.6 Å². The van der Waals surface area contributed by atoms with Crippen LogP contribution in [0.15, 0.2) is 35.4 Å². The number of nitrogens with one attached hydrogen (secondary N) is 1. The van der Waals surface area contributed by atoms with E-state index < -0.39 is 39.6 Å². The Morgan fingerprint density at radius 3 is 2.67 bits per heavy atom. The van der Waals surface area contributed by atoms with Gasteiger partial charge in [0.2, 0.25) is 15.9 Å². The standard InChI is InChI=1S/C19H21F2N3O5S/c1-3-29-19(26)17-10-13(11-23(17)2)30(27,28)24-8-4-5-16(24)18(25)22-15-7-6-12(20)9-14(15)21/h6-7,9-11,16H,3-5,8H2,1-2H3,(H,22,25)/t16-/m0/s1. The van der Waals surface area contributed by atoms with Crippen LogP contribution < -0.4 is 5.32 Å². The van der Waals surface area contributed by atoms with Crippen LogP contribution in [-0.2, 0) is 26.6 Å². The van der Waals surface area contributed by atoms with Gasteiger partial charge in [0.1, 0.15) is 28.3 Å². The van der Waals surface area contributed by atoms with E-state index in [1.165, 1.54) is 23.9 Å². The molecule has 0 spiro atoms. The number of carbonyl (C=O) groups is 2. The molecule has 1 atom stereocenters. The minimum Gasteiger partial charge on any atom is -0.461 e. The molecule has 0 radical (unpaired) electrons. The molecule has 0 bridgehead atoms. The summed E-state index contributed by atoms with van der Waals surface area (Å²) in [5, 5.41) is 2.32. The van der Waals surface area contributed by atoms with Crippen LogP contribution in [0.4, 0.5) is 14.5 Å². The van der Waals surface area contributed by atoms with E-state index in [0.717, 1.165) is 16.4 Å². The van der Waals surface area contributed by atoms with Crippen LogP contribution in [-0.4, -0.2) is 48.4 Å². The molecular formula is C19H21F2N3O5S. The zero-order valence-corrected chi connectivity index (χ0v) is 17.2. The molecule has 1 amide bonds. The monoisotopic (exact) mass is 441 g/mol. The van der Waals surface area contributed by atoms with Gasteiger partial charge in [0.25, 0.3) is 0 Å². The Morgan fingerprint density at radius 1 is 1.27 bits per heavy atom. The van der Waals surface area contributed by atoms with Crippen molar-refractivity contribution in [1.29, 1.82) is 0 Å². The third-order valence-electron chi connectivity index (χ3n) is 4.77. The fourth-order valence-electron chi connectivity index (χ4n) is 3.32. The molecular weight excluding hydrogens is 420 g/mol. The van der Waals surface area contributed by atoms with Gasteiger partial charge in [-0.1, -0.05) is 0 Å². The summed E-state index contributed by atoms with van der Waals surface area (Å²) >= 11 is 0. The number of aromatic nitrogens is 1. The molecule has 1 aromatic heterocycles. The van der Waals surface area contributed by atoms with Crippen molar-refractivity contribution in [3.8, 4) is 0 Å². The van der Waals surface area contributed by atoms with E-state index in [2.05, 4.69) is 5.32 Å². The largest absolute Gasteiger partial charge is 0.461 e. The molecule has 1 aromatic carbocycles. The lowest BCUT2D eigenvalue weighted by Gasteiger charge is -2.23. The maximum atomic E-state index is 13.8. The molecule has 1 aliphatic rings. The number of anilines is 1. The summed E-state index contributed by atoms with van der Waals surface area (Å²) < 4.78 is 60.4. The van der Waals surface area contributed by atoms with Crippen molar-refractivity contribution in [3.05, 3.63) is 47.8 Å². The van der Waals surface area contributed by atoms with E-state index in [4.69, 9.17) is 4.74 Å². The highest BCUT2D eigenvalue weighted by atomic mass is 32.2. The van der Waals surface area contributed by atoms with Crippen molar-refractivity contribution >= 4 is 27.6 Å². The fourth-order valence-corrected chi connectivity index (χ4v) is 5.04. The molecule has 0 saturated carbocycles. The van der Waals surface area contributed by atoms with Crippen molar-refractivity contribution in [2.24, 2.45) is 7.05 Å². The van der Waals surface area contributed by atoms with E-state index in [9.17, 15) is 26.8 Å². The smallest absolute Gasteiger partial charge is 0.354 e. The Labute approximate surface area is 172 Å². The predicted molar refractivity (Wildman–Crippen MR) is 103 cm³/mol. The molecule has 1 fully saturated rings. The zero-order valence-electron chi connectivity index (χ0n) is 16.4. The molecule has 1 saturated heterocycles. The number of ether oxygens (including phenoxy) is 1. The third kappa shape index (κ3) is 4.21. The first-order chi connectivity index (χ1) is 14.1. The van der Waals surface area contributed by atoms with Gasteiger partial charge < -0.3 is 14.6 Å². The van der Waals surface area contributed by atoms with E-state index in [1.807, 2.05) is 0 Å². The number of esters is 1. The molecule has 8 nitrogen and oxygen atoms in total. The van der Waals surface area contributed by atoms with Gasteiger partial charge in [-0.05, 0) is 38.0 Å². The van der Waals surface area contributed by atoms with Crippen LogP contribution >= 0.6 is 0 Å². The molecule has 1 aliphatic heterocycles. The lowest BCUT2D eigenvalue weighted by molar-refractivity contribution is -0.119. The van der Waals surface area contributed by atoms with Crippen LogP contribution in [0.2, 0.25) is 0 Å². The number of halogens is 2. The summed E-state index contributed by atoms with van der Waals surface area (Å²) in [4.78, 5) is 24.5. The molecule has 0 unspecified atom stereocenters. The second-order valence-corrected chi connectivity index (χ2v) is 8.67. The topological polar surface area (TPSA) is 97.7 Å². The van der Waals surface area contributed by atoms with Gasteiger partial charge in [-0.15, -0.1) is 0 Å². The average molecular weight is 441 g/mol. The normalized spacial score (nSPS) is 17.1. The summed E-state index contributed by atoms with van der Waals surface area (Å²) in [5.41, 5.74) is -0.182. The minimum absolute atomic E-state index is 0.0593.